The van der Waals surface area contributed by atoms with Crippen LogP contribution in [0.5, 0.6) is 0 Å². The molecule has 0 aliphatic rings. The Morgan fingerprint density at radius 1 is 1.50 bits per heavy atom. The third-order valence-electron chi connectivity index (χ3n) is 0.0417. The van der Waals surface area contributed by atoms with Crippen molar-refractivity contribution in [3.63, 3.8) is 0 Å². The van der Waals surface area contributed by atoms with Gasteiger partial charge in [0, 0.05) is 0 Å². The molecule has 0 saturated heterocycles. The van der Waals surface area contributed by atoms with Crippen LogP contribution in [0.2, 0.25) is 0 Å². The first-order valence-electron chi connectivity index (χ1n) is 0.806. The Kier molecular flexibility index (Phi) is 27.9. The van der Waals surface area contributed by atoms with Crippen molar-refractivity contribution in [2.24, 2.45) is 0 Å². The summed E-state index contributed by atoms with van der Waals surface area (Å²) < 4.78 is 26.2. The topological polar surface area (TPSA) is 51.2 Å². The van der Waals surface area contributed by atoms with E-state index in [0.717, 1.165) is 0 Å². The fourth-order valence-electron chi connectivity index (χ4n) is 0. The Labute approximate surface area is 55.8 Å². The average Bonchev–Trinajstić information content (AvgIpc) is 1.72. The molecule has 0 N–H and O–H groups in total. The molecule has 3 nitrogen and oxygen atoms in total. The Morgan fingerprint density at radius 3 is 1.67 bits per heavy atom. The fraction of sp³-hybridized carbons (Fsp3) is 0. The summed E-state index contributed by atoms with van der Waals surface area (Å²) in [5.74, 6) is 0. The molecular weight excluding hydrogens is 278 g/mol. The van der Waals surface area contributed by atoms with Gasteiger partial charge in [0.15, 0.2) is 0 Å². The Balaban J connectivity index is 0. The van der Waals surface area contributed by atoms with Gasteiger partial charge < -0.3 is 0 Å². The molecule has 6 heteroatoms. The van der Waals surface area contributed by atoms with Gasteiger partial charge in [-0.25, -0.2) is 0 Å². The molecule has 0 heterocycles. The summed E-state index contributed by atoms with van der Waals surface area (Å²) in [6.07, 6.45) is 0. The molecule has 39 valence electrons. The zero-order chi connectivity index (χ0) is 5.41. The van der Waals surface area contributed by atoms with E-state index >= 15 is 0 Å². The quantitative estimate of drug-likeness (QED) is 0.615. The zero-order valence-corrected chi connectivity index (χ0v) is 8.23. The molecule has 0 aliphatic heterocycles. The predicted octanol–water partition coefficient (Wildman–Crippen LogP) is -0.364. The maximum atomic E-state index is 9.21. The van der Waals surface area contributed by atoms with E-state index in [9.17, 15) is 3.57 Å². The molecule has 0 spiro atoms. The molecule has 0 bridgehead atoms. The molecule has 0 aromatic carbocycles. The third kappa shape index (κ3) is 19.1. The summed E-state index contributed by atoms with van der Waals surface area (Å²) >= 11 is 0.454. The summed E-state index contributed by atoms with van der Waals surface area (Å²) in [6, 6.07) is 0. The second kappa shape index (κ2) is 16.4. The average molecular weight is 278 g/mol. The van der Waals surface area contributed by atoms with E-state index in [0.29, 0.717) is 0 Å². The Hall–Kier alpha value is 1.17. The molecule has 6 heavy (non-hydrogen) atoms. The van der Waals surface area contributed by atoms with Crippen LogP contribution in [-0.4, -0.2) is 0 Å². The summed E-state index contributed by atoms with van der Waals surface area (Å²) in [4.78, 5) is 0. The van der Waals surface area contributed by atoms with Crippen LogP contribution in [-0.2, 0) is 56.1 Å². The van der Waals surface area contributed by atoms with Crippen LogP contribution in [0.1, 0.15) is 0 Å². The van der Waals surface area contributed by atoms with E-state index in [-0.39, 0.29) is 0 Å². The van der Waals surface area contributed by atoms with Gasteiger partial charge in [-0.3, -0.25) is 0 Å². The van der Waals surface area contributed by atoms with Gasteiger partial charge in [-0.15, -0.1) is 0 Å². The van der Waals surface area contributed by atoms with Crippen molar-refractivity contribution < 1.29 is 56.1 Å². The molecule has 0 fully saturated rings. The Morgan fingerprint density at radius 2 is 1.67 bits per heavy atom. The molecule has 0 saturated carbocycles. The molecule has 0 unspecified atom stereocenters. The molecule has 0 aromatic heterocycles. The van der Waals surface area contributed by atoms with Crippen molar-refractivity contribution in [1.29, 1.82) is 0 Å². The van der Waals surface area contributed by atoms with Gasteiger partial charge in [0.05, 0.1) is 0 Å². The predicted molar refractivity (Wildman–Crippen MR) is 2.06 cm³/mol. The van der Waals surface area contributed by atoms with Crippen LogP contribution in [0.3, 0.4) is 0 Å². The van der Waals surface area contributed by atoms with Crippen LogP contribution >= 0.6 is 0 Å². The van der Waals surface area contributed by atoms with Gasteiger partial charge in [-0.1, -0.05) is 0 Å². The maximum absolute atomic E-state index is 9.21. The molecule has 0 rings (SSSR count). The third-order valence-corrected chi connectivity index (χ3v) is 1.28. The number of hydrogen-bond acceptors (Lipinski definition) is 3. The van der Waals surface area contributed by atoms with Crippen molar-refractivity contribution in [3.8, 4) is 0 Å². The van der Waals surface area contributed by atoms with Crippen LogP contribution < -0.4 is 0 Å². The fourth-order valence-corrected chi connectivity index (χ4v) is 0. The molecule has 0 atom stereocenters. The standard InChI is InChI=1S/Cu.3O.Ru.Zn. The summed E-state index contributed by atoms with van der Waals surface area (Å²) in [5, 5.41) is 0. The van der Waals surface area contributed by atoms with E-state index < -0.39 is 29.1 Å². The summed E-state index contributed by atoms with van der Waals surface area (Å²) in [7, 11) is 0. The first-order chi connectivity index (χ1) is 2.91. The minimum absolute atomic E-state index is 0.879. The van der Waals surface area contributed by atoms with E-state index in [4.69, 9.17) is 7.41 Å². The van der Waals surface area contributed by atoms with Crippen molar-refractivity contribution in [3.05, 3.63) is 0 Å². The Bertz CT molecular complexity index is 40.1. The second-order valence-corrected chi connectivity index (χ2v) is 6.27. The van der Waals surface area contributed by atoms with Crippen molar-refractivity contribution in [2.75, 3.05) is 0 Å². The molecule has 0 aromatic rings. The van der Waals surface area contributed by atoms with Crippen molar-refractivity contribution in [2.45, 2.75) is 0 Å². The SMILES string of the molecule is [O]=[Cu].[O]=[Zn][Ru]=[O]. The van der Waals surface area contributed by atoms with Crippen LogP contribution in [0.25, 0.3) is 0 Å². The van der Waals surface area contributed by atoms with Gasteiger partial charge in [-0.05, 0) is 0 Å². The van der Waals surface area contributed by atoms with E-state index in [2.05, 4.69) is 15.9 Å². The van der Waals surface area contributed by atoms with E-state index in [1.54, 1.807) is 0 Å². The monoisotopic (exact) mass is 277 g/mol. The van der Waals surface area contributed by atoms with Crippen molar-refractivity contribution >= 4 is 0 Å². The zero-order valence-electron chi connectivity index (χ0n) is 2.59. The summed E-state index contributed by atoms with van der Waals surface area (Å²) in [6.45, 7) is 0. The molecule has 0 amide bonds. The first kappa shape index (κ1) is 10.2. The number of rotatable bonds is 1. The van der Waals surface area contributed by atoms with Gasteiger partial charge >= 0.3 is 56.1 Å². The van der Waals surface area contributed by atoms with Crippen LogP contribution in [0.15, 0.2) is 0 Å². The number of hydrogen-bond donors (Lipinski definition) is 0. The normalized spacial score (nSPS) is 4.33. The molecular formula is CuO3RuZn. The minimum atomic E-state index is -1.60. The van der Waals surface area contributed by atoms with Gasteiger partial charge in [0.1, 0.15) is 0 Å². The van der Waals surface area contributed by atoms with Crippen LogP contribution in [0.4, 0.5) is 0 Å². The molecule has 0 radical (unpaired) electrons. The van der Waals surface area contributed by atoms with Crippen LogP contribution in [0, 0.1) is 0 Å². The van der Waals surface area contributed by atoms with E-state index in [1.807, 2.05) is 0 Å². The van der Waals surface area contributed by atoms with Crippen molar-refractivity contribution in [1.82, 2.24) is 0 Å². The van der Waals surface area contributed by atoms with Gasteiger partial charge in [0.25, 0.3) is 0 Å². The van der Waals surface area contributed by atoms with E-state index in [1.165, 1.54) is 0 Å². The van der Waals surface area contributed by atoms with Gasteiger partial charge in [-0.2, -0.15) is 0 Å². The second-order valence-electron chi connectivity index (χ2n) is 0.204. The van der Waals surface area contributed by atoms with Gasteiger partial charge in [0.2, 0.25) is 0 Å². The summed E-state index contributed by atoms with van der Waals surface area (Å²) in [5.41, 5.74) is 0. The first-order valence-corrected chi connectivity index (χ1v) is 10.5. The molecule has 0 aliphatic carbocycles.